The SMILES string of the molecule is Cc1cc(N2CCOC(c3ccc(CCC(N)=O)cn3)C2)ncn1. The average molecular weight is 327 g/mol. The van der Waals surface area contributed by atoms with Gasteiger partial charge in [0, 0.05) is 30.9 Å². The molecule has 2 aromatic heterocycles. The molecule has 1 aliphatic heterocycles. The van der Waals surface area contributed by atoms with Crippen LogP contribution < -0.4 is 10.6 Å². The van der Waals surface area contributed by atoms with E-state index in [1.807, 2.05) is 25.1 Å². The van der Waals surface area contributed by atoms with Gasteiger partial charge in [0.1, 0.15) is 18.2 Å². The molecule has 1 atom stereocenters. The number of aromatic nitrogens is 3. The van der Waals surface area contributed by atoms with Crippen molar-refractivity contribution in [3.05, 3.63) is 47.7 Å². The first-order valence-electron chi connectivity index (χ1n) is 8.00. The van der Waals surface area contributed by atoms with Crippen molar-refractivity contribution in [2.45, 2.75) is 25.9 Å². The van der Waals surface area contributed by atoms with Crippen LogP contribution in [0.5, 0.6) is 0 Å². The quantitative estimate of drug-likeness (QED) is 0.886. The lowest BCUT2D eigenvalue weighted by atomic mass is 10.1. The Morgan fingerprint density at radius 3 is 2.96 bits per heavy atom. The smallest absolute Gasteiger partial charge is 0.217 e. The summed E-state index contributed by atoms with van der Waals surface area (Å²) in [6.07, 6.45) is 4.22. The van der Waals surface area contributed by atoms with Gasteiger partial charge in [-0.1, -0.05) is 6.07 Å². The number of nitrogens with zero attached hydrogens (tertiary/aromatic N) is 4. The number of primary amides is 1. The van der Waals surface area contributed by atoms with Crippen molar-refractivity contribution in [2.24, 2.45) is 5.73 Å². The Balaban J connectivity index is 1.67. The molecule has 2 aromatic rings. The topological polar surface area (TPSA) is 94.2 Å². The molecule has 3 rings (SSSR count). The van der Waals surface area contributed by atoms with Gasteiger partial charge in [-0.15, -0.1) is 0 Å². The van der Waals surface area contributed by atoms with Crippen molar-refractivity contribution >= 4 is 11.7 Å². The summed E-state index contributed by atoms with van der Waals surface area (Å²) in [5.41, 5.74) is 8.00. The minimum Gasteiger partial charge on any atom is -0.370 e. The number of rotatable bonds is 5. The molecule has 0 spiro atoms. The molecule has 2 N–H and O–H groups in total. The second-order valence-electron chi connectivity index (χ2n) is 5.88. The number of aryl methyl sites for hydroxylation is 2. The number of morpholine rings is 1. The molecule has 7 nitrogen and oxygen atoms in total. The van der Waals surface area contributed by atoms with Crippen molar-refractivity contribution in [1.82, 2.24) is 15.0 Å². The fourth-order valence-corrected chi connectivity index (χ4v) is 2.69. The van der Waals surface area contributed by atoms with E-state index in [-0.39, 0.29) is 12.0 Å². The van der Waals surface area contributed by atoms with E-state index in [1.54, 1.807) is 12.5 Å². The summed E-state index contributed by atoms with van der Waals surface area (Å²) < 4.78 is 5.86. The van der Waals surface area contributed by atoms with Crippen LogP contribution in [0.2, 0.25) is 0 Å². The Morgan fingerprint density at radius 2 is 2.25 bits per heavy atom. The zero-order chi connectivity index (χ0) is 16.9. The molecule has 1 amide bonds. The third kappa shape index (κ3) is 4.05. The number of anilines is 1. The molecule has 1 aliphatic rings. The standard InChI is InChI=1S/C17H21N5O2/c1-12-8-17(21-11-20-12)22-6-7-24-15(10-22)14-4-2-13(9-19-14)3-5-16(18)23/h2,4,8-9,11,15H,3,5-7,10H2,1H3,(H2,18,23). The third-order valence-corrected chi connectivity index (χ3v) is 4.02. The van der Waals surface area contributed by atoms with Crippen LogP contribution in [-0.4, -0.2) is 40.6 Å². The van der Waals surface area contributed by atoms with Crippen molar-refractivity contribution in [1.29, 1.82) is 0 Å². The van der Waals surface area contributed by atoms with E-state index in [0.717, 1.165) is 29.3 Å². The second kappa shape index (κ2) is 7.35. The molecule has 0 aromatic carbocycles. The predicted octanol–water partition coefficient (Wildman–Crippen LogP) is 1.18. The van der Waals surface area contributed by atoms with Gasteiger partial charge >= 0.3 is 0 Å². The highest BCUT2D eigenvalue weighted by Crippen LogP contribution is 2.24. The van der Waals surface area contributed by atoms with Gasteiger partial charge in [-0.05, 0) is 25.0 Å². The van der Waals surface area contributed by atoms with Crippen molar-refractivity contribution in [3.8, 4) is 0 Å². The summed E-state index contributed by atoms with van der Waals surface area (Å²) in [7, 11) is 0. The molecule has 0 bridgehead atoms. The zero-order valence-electron chi connectivity index (χ0n) is 13.7. The maximum atomic E-state index is 10.8. The van der Waals surface area contributed by atoms with Gasteiger partial charge in [-0.25, -0.2) is 9.97 Å². The minimum absolute atomic E-state index is 0.0980. The number of hydrogen-bond donors (Lipinski definition) is 1. The summed E-state index contributed by atoms with van der Waals surface area (Å²) in [5.74, 6) is 0.611. The summed E-state index contributed by atoms with van der Waals surface area (Å²) in [5, 5.41) is 0. The van der Waals surface area contributed by atoms with Gasteiger partial charge in [0.25, 0.3) is 0 Å². The molecule has 24 heavy (non-hydrogen) atoms. The zero-order valence-corrected chi connectivity index (χ0v) is 13.7. The average Bonchev–Trinajstić information content (AvgIpc) is 2.60. The van der Waals surface area contributed by atoms with E-state index in [4.69, 9.17) is 10.5 Å². The van der Waals surface area contributed by atoms with E-state index in [0.29, 0.717) is 26.0 Å². The van der Waals surface area contributed by atoms with Crippen LogP contribution in [0, 0.1) is 6.92 Å². The minimum atomic E-state index is -0.300. The molecule has 7 heteroatoms. The van der Waals surface area contributed by atoms with Crippen molar-refractivity contribution in [2.75, 3.05) is 24.6 Å². The van der Waals surface area contributed by atoms with E-state index in [9.17, 15) is 4.79 Å². The summed E-state index contributed by atoms with van der Waals surface area (Å²) in [6, 6.07) is 5.90. The summed E-state index contributed by atoms with van der Waals surface area (Å²) in [6.45, 7) is 4.07. The lowest BCUT2D eigenvalue weighted by Gasteiger charge is -2.33. The number of carbonyl (C=O) groups is 1. The van der Waals surface area contributed by atoms with Crippen LogP contribution in [0.1, 0.15) is 29.5 Å². The van der Waals surface area contributed by atoms with E-state index in [2.05, 4.69) is 19.9 Å². The number of amides is 1. The van der Waals surface area contributed by atoms with Gasteiger partial charge < -0.3 is 15.4 Å². The van der Waals surface area contributed by atoms with Crippen LogP contribution in [-0.2, 0) is 16.0 Å². The largest absolute Gasteiger partial charge is 0.370 e. The summed E-state index contributed by atoms with van der Waals surface area (Å²) >= 11 is 0. The molecule has 1 saturated heterocycles. The molecular formula is C17H21N5O2. The maximum absolute atomic E-state index is 10.8. The highest BCUT2D eigenvalue weighted by atomic mass is 16.5. The molecule has 0 saturated carbocycles. The first-order chi connectivity index (χ1) is 11.6. The van der Waals surface area contributed by atoms with E-state index in [1.165, 1.54) is 0 Å². The van der Waals surface area contributed by atoms with E-state index < -0.39 is 0 Å². The molecule has 0 radical (unpaired) electrons. The van der Waals surface area contributed by atoms with Crippen LogP contribution in [0.3, 0.4) is 0 Å². The Bertz CT molecular complexity index is 704. The molecule has 1 unspecified atom stereocenters. The van der Waals surface area contributed by atoms with Gasteiger partial charge in [0.05, 0.1) is 18.8 Å². The highest BCUT2D eigenvalue weighted by Gasteiger charge is 2.24. The Morgan fingerprint density at radius 1 is 1.38 bits per heavy atom. The molecule has 3 heterocycles. The predicted molar refractivity (Wildman–Crippen MR) is 89.4 cm³/mol. The van der Waals surface area contributed by atoms with Crippen LogP contribution in [0.25, 0.3) is 0 Å². The van der Waals surface area contributed by atoms with Crippen molar-refractivity contribution in [3.63, 3.8) is 0 Å². The van der Waals surface area contributed by atoms with Crippen LogP contribution in [0.4, 0.5) is 5.82 Å². The summed E-state index contributed by atoms with van der Waals surface area (Å²) in [4.78, 5) is 26.0. The van der Waals surface area contributed by atoms with E-state index >= 15 is 0 Å². The van der Waals surface area contributed by atoms with Gasteiger partial charge in [0.2, 0.25) is 5.91 Å². The Labute approximate surface area is 140 Å². The number of ether oxygens (including phenoxy) is 1. The Kier molecular flexibility index (Phi) is 5.00. The fourth-order valence-electron chi connectivity index (χ4n) is 2.69. The van der Waals surface area contributed by atoms with Crippen molar-refractivity contribution < 1.29 is 9.53 Å². The monoisotopic (exact) mass is 327 g/mol. The van der Waals surface area contributed by atoms with Crippen LogP contribution >= 0.6 is 0 Å². The number of hydrogen-bond acceptors (Lipinski definition) is 6. The molecular weight excluding hydrogens is 306 g/mol. The normalized spacial score (nSPS) is 17.7. The van der Waals surface area contributed by atoms with Gasteiger partial charge in [-0.3, -0.25) is 9.78 Å². The second-order valence-corrected chi connectivity index (χ2v) is 5.88. The molecule has 1 fully saturated rings. The molecule has 0 aliphatic carbocycles. The Hall–Kier alpha value is -2.54. The van der Waals surface area contributed by atoms with Gasteiger partial charge in [-0.2, -0.15) is 0 Å². The fraction of sp³-hybridized carbons (Fsp3) is 0.412. The lowest BCUT2D eigenvalue weighted by molar-refractivity contribution is -0.117. The van der Waals surface area contributed by atoms with Crippen LogP contribution in [0.15, 0.2) is 30.7 Å². The number of pyridine rings is 1. The maximum Gasteiger partial charge on any atom is 0.217 e. The molecule has 126 valence electrons. The lowest BCUT2D eigenvalue weighted by Crippen LogP contribution is -2.39. The number of carbonyl (C=O) groups excluding carboxylic acids is 1. The number of nitrogens with two attached hydrogens (primary N) is 1. The third-order valence-electron chi connectivity index (χ3n) is 4.02. The highest BCUT2D eigenvalue weighted by molar-refractivity contribution is 5.73. The first kappa shape index (κ1) is 16.3. The first-order valence-corrected chi connectivity index (χ1v) is 8.00. The van der Waals surface area contributed by atoms with Gasteiger partial charge in [0.15, 0.2) is 0 Å².